The summed E-state index contributed by atoms with van der Waals surface area (Å²) in [5.41, 5.74) is 1.46. The van der Waals surface area contributed by atoms with Crippen molar-refractivity contribution in [3.05, 3.63) is 47.7 Å². The Balaban J connectivity index is 1.67. The van der Waals surface area contributed by atoms with E-state index in [-0.39, 0.29) is 11.9 Å². The van der Waals surface area contributed by atoms with Crippen molar-refractivity contribution in [1.82, 2.24) is 20.3 Å². The minimum Gasteiger partial charge on any atom is -0.389 e. The average molecular weight is 355 g/mol. The SMILES string of the molecule is CCCc1cnc(C)nc1N1CC[C@@H](NC(=O)c2ccccn2)[C@H](O)C1. The Kier molecular flexibility index (Phi) is 5.78. The van der Waals surface area contributed by atoms with E-state index < -0.39 is 6.10 Å². The molecule has 0 spiro atoms. The van der Waals surface area contributed by atoms with Crippen LogP contribution < -0.4 is 10.2 Å². The Labute approximate surface area is 153 Å². The van der Waals surface area contributed by atoms with Crippen LogP contribution in [0.15, 0.2) is 30.6 Å². The van der Waals surface area contributed by atoms with E-state index in [1.807, 2.05) is 13.1 Å². The number of aliphatic hydroxyl groups is 1. The molecule has 1 fully saturated rings. The number of aromatic nitrogens is 3. The first kappa shape index (κ1) is 18.3. The van der Waals surface area contributed by atoms with Crippen LogP contribution in [0.3, 0.4) is 0 Å². The minimum absolute atomic E-state index is 0.257. The number of piperidine rings is 1. The van der Waals surface area contributed by atoms with Crippen LogP contribution in [0.25, 0.3) is 0 Å². The first-order chi connectivity index (χ1) is 12.6. The van der Waals surface area contributed by atoms with Crippen molar-refractivity contribution in [1.29, 1.82) is 0 Å². The van der Waals surface area contributed by atoms with Gasteiger partial charge >= 0.3 is 0 Å². The standard InChI is InChI=1S/C19H25N5O2/c1-3-6-14-11-21-13(2)22-18(14)24-10-8-15(17(25)12-24)23-19(26)16-7-4-5-9-20-16/h4-5,7,9,11,15,17,25H,3,6,8,10,12H2,1-2H3,(H,23,26)/t15-,17-/m1/s1. The van der Waals surface area contributed by atoms with Crippen LogP contribution in [0, 0.1) is 6.92 Å². The van der Waals surface area contributed by atoms with Gasteiger partial charge in [0.15, 0.2) is 0 Å². The smallest absolute Gasteiger partial charge is 0.270 e. The van der Waals surface area contributed by atoms with Crippen molar-refractivity contribution in [2.75, 3.05) is 18.0 Å². The van der Waals surface area contributed by atoms with Gasteiger partial charge in [0.05, 0.1) is 12.1 Å². The molecule has 0 radical (unpaired) electrons. The Morgan fingerprint density at radius 1 is 1.38 bits per heavy atom. The van der Waals surface area contributed by atoms with E-state index in [9.17, 15) is 9.90 Å². The molecular weight excluding hydrogens is 330 g/mol. The lowest BCUT2D eigenvalue weighted by molar-refractivity contribution is 0.0793. The second-order valence-corrected chi connectivity index (χ2v) is 6.61. The third-order valence-electron chi connectivity index (χ3n) is 4.58. The lowest BCUT2D eigenvalue weighted by Gasteiger charge is -2.37. The largest absolute Gasteiger partial charge is 0.389 e. The minimum atomic E-state index is -0.666. The van der Waals surface area contributed by atoms with E-state index in [2.05, 4.69) is 32.1 Å². The fourth-order valence-electron chi connectivity index (χ4n) is 3.23. The van der Waals surface area contributed by atoms with Gasteiger partial charge in [0.2, 0.25) is 0 Å². The molecule has 2 N–H and O–H groups in total. The number of carbonyl (C=O) groups is 1. The number of rotatable bonds is 5. The summed E-state index contributed by atoms with van der Waals surface area (Å²) in [5, 5.41) is 13.5. The summed E-state index contributed by atoms with van der Waals surface area (Å²) in [6, 6.07) is 4.91. The highest BCUT2D eigenvalue weighted by Gasteiger charge is 2.30. The summed E-state index contributed by atoms with van der Waals surface area (Å²) in [5.74, 6) is 1.36. The van der Waals surface area contributed by atoms with Crippen molar-refractivity contribution in [3.63, 3.8) is 0 Å². The summed E-state index contributed by atoms with van der Waals surface area (Å²) in [7, 11) is 0. The van der Waals surface area contributed by atoms with Gasteiger partial charge in [-0.1, -0.05) is 19.4 Å². The number of nitrogens with one attached hydrogen (secondary N) is 1. The molecule has 1 saturated heterocycles. The molecule has 7 heteroatoms. The molecule has 0 bridgehead atoms. The topological polar surface area (TPSA) is 91.2 Å². The quantitative estimate of drug-likeness (QED) is 0.845. The van der Waals surface area contributed by atoms with Gasteiger partial charge in [-0.3, -0.25) is 9.78 Å². The predicted molar refractivity (Wildman–Crippen MR) is 99.1 cm³/mol. The highest BCUT2D eigenvalue weighted by atomic mass is 16.3. The molecule has 0 aromatic carbocycles. The number of aryl methyl sites for hydroxylation is 2. The van der Waals surface area contributed by atoms with Gasteiger partial charge < -0.3 is 15.3 Å². The van der Waals surface area contributed by atoms with E-state index in [0.717, 1.165) is 36.6 Å². The molecule has 138 valence electrons. The zero-order valence-corrected chi connectivity index (χ0v) is 15.2. The Hall–Kier alpha value is -2.54. The Bertz CT molecular complexity index is 753. The molecular formula is C19H25N5O2. The first-order valence-corrected chi connectivity index (χ1v) is 9.06. The zero-order valence-electron chi connectivity index (χ0n) is 15.2. The second kappa shape index (κ2) is 8.23. The van der Waals surface area contributed by atoms with Gasteiger partial charge in [0, 0.05) is 31.0 Å². The number of nitrogens with zero attached hydrogens (tertiary/aromatic N) is 4. The van der Waals surface area contributed by atoms with Crippen LogP contribution >= 0.6 is 0 Å². The van der Waals surface area contributed by atoms with Crippen molar-refractivity contribution < 1.29 is 9.90 Å². The first-order valence-electron chi connectivity index (χ1n) is 9.06. The summed E-state index contributed by atoms with van der Waals surface area (Å²) in [4.78, 5) is 27.3. The molecule has 1 aliphatic heterocycles. The van der Waals surface area contributed by atoms with Gasteiger partial charge in [0.1, 0.15) is 17.3 Å². The predicted octanol–water partition coefficient (Wildman–Crippen LogP) is 1.50. The van der Waals surface area contributed by atoms with E-state index in [1.54, 1.807) is 24.4 Å². The van der Waals surface area contributed by atoms with Crippen LogP contribution in [0.4, 0.5) is 5.82 Å². The highest BCUT2D eigenvalue weighted by Crippen LogP contribution is 2.23. The number of hydrogen-bond donors (Lipinski definition) is 2. The van der Waals surface area contributed by atoms with E-state index in [1.165, 1.54) is 0 Å². The molecule has 7 nitrogen and oxygen atoms in total. The number of pyridine rings is 1. The van der Waals surface area contributed by atoms with Gasteiger partial charge in [-0.2, -0.15) is 0 Å². The molecule has 0 saturated carbocycles. The van der Waals surface area contributed by atoms with Crippen molar-refractivity contribution in [2.24, 2.45) is 0 Å². The monoisotopic (exact) mass is 355 g/mol. The molecule has 3 heterocycles. The maximum Gasteiger partial charge on any atom is 0.270 e. The Morgan fingerprint density at radius 2 is 2.23 bits per heavy atom. The molecule has 26 heavy (non-hydrogen) atoms. The molecule has 1 amide bonds. The summed E-state index contributed by atoms with van der Waals surface area (Å²) in [6.07, 6.45) is 5.36. The Morgan fingerprint density at radius 3 is 2.92 bits per heavy atom. The third kappa shape index (κ3) is 4.16. The molecule has 0 aliphatic carbocycles. The van der Waals surface area contributed by atoms with E-state index in [0.29, 0.717) is 18.7 Å². The lowest BCUT2D eigenvalue weighted by atomic mass is 10.0. The number of carbonyl (C=O) groups excluding carboxylic acids is 1. The normalized spacial score (nSPS) is 20.0. The van der Waals surface area contributed by atoms with Gasteiger partial charge in [-0.05, 0) is 31.9 Å². The summed E-state index contributed by atoms with van der Waals surface area (Å²) >= 11 is 0. The number of aliphatic hydroxyl groups excluding tert-OH is 1. The van der Waals surface area contributed by atoms with Crippen LogP contribution in [0.1, 0.15) is 41.6 Å². The third-order valence-corrected chi connectivity index (χ3v) is 4.58. The van der Waals surface area contributed by atoms with Crippen LogP contribution in [0.2, 0.25) is 0 Å². The lowest BCUT2D eigenvalue weighted by Crippen LogP contribution is -2.54. The van der Waals surface area contributed by atoms with Gasteiger partial charge in [-0.25, -0.2) is 9.97 Å². The maximum atomic E-state index is 12.3. The number of amides is 1. The summed E-state index contributed by atoms with van der Waals surface area (Å²) < 4.78 is 0. The highest BCUT2D eigenvalue weighted by molar-refractivity contribution is 5.92. The molecule has 2 aromatic heterocycles. The van der Waals surface area contributed by atoms with E-state index >= 15 is 0 Å². The van der Waals surface area contributed by atoms with Crippen molar-refractivity contribution in [2.45, 2.75) is 45.3 Å². The average Bonchev–Trinajstić information content (AvgIpc) is 2.65. The van der Waals surface area contributed by atoms with Crippen molar-refractivity contribution >= 4 is 11.7 Å². The van der Waals surface area contributed by atoms with E-state index in [4.69, 9.17) is 0 Å². The van der Waals surface area contributed by atoms with Crippen molar-refractivity contribution in [3.8, 4) is 0 Å². The molecule has 2 aromatic rings. The zero-order chi connectivity index (χ0) is 18.5. The van der Waals surface area contributed by atoms with Crippen LogP contribution in [-0.2, 0) is 6.42 Å². The molecule has 2 atom stereocenters. The second-order valence-electron chi connectivity index (χ2n) is 6.61. The number of β-amino-alcohol motifs (C(OH)–C–C–N with tert-alkyl or cyclic N) is 1. The molecule has 0 unspecified atom stereocenters. The van der Waals surface area contributed by atoms with Gasteiger partial charge in [-0.15, -0.1) is 0 Å². The fraction of sp³-hybridized carbons (Fsp3) is 0.474. The molecule has 1 aliphatic rings. The fourth-order valence-corrected chi connectivity index (χ4v) is 3.23. The van der Waals surface area contributed by atoms with Crippen LogP contribution in [0.5, 0.6) is 0 Å². The maximum absolute atomic E-state index is 12.3. The van der Waals surface area contributed by atoms with Crippen LogP contribution in [-0.4, -0.2) is 51.2 Å². The molecule has 3 rings (SSSR count). The van der Waals surface area contributed by atoms with Gasteiger partial charge in [0.25, 0.3) is 5.91 Å². The number of anilines is 1. The number of hydrogen-bond acceptors (Lipinski definition) is 6. The summed E-state index contributed by atoms with van der Waals surface area (Å²) in [6.45, 7) is 5.14.